The Morgan fingerprint density at radius 2 is 2.13 bits per heavy atom. The molecule has 1 unspecified atom stereocenters. The third-order valence-corrected chi connectivity index (χ3v) is 3.45. The lowest BCUT2D eigenvalue weighted by Crippen LogP contribution is -2.27. The van der Waals surface area contributed by atoms with Gasteiger partial charge in [0.2, 0.25) is 0 Å². The van der Waals surface area contributed by atoms with Crippen molar-refractivity contribution in [3.8, 4) is 0 Å². The van der Waals surface area contributed by atoms with Gasteiger partial charge in [-0.05, 0) is 25.7 Å². The van der Waals surface area contributed by atoms with Gasteiger partial charge in [-0.15, -0.1) is 0 Å². The molecule has 84 valence electrons. The van der Waals surface area contributed by atoms with E-state index in [0.717, 1.165) is 11.7 Å². The summed E-state index contributed by atoms with van der Waals surface area (Å²) >= 11 is 0. The van der Waals surface area contributed by atoms with Crippen molar-refractivity contribution in [2.24, 2.45) is 13.0 Å². The van der Waals surface area contributed by atoms with Crippen LogP contribution in [0.25, 0.3) is 0 Å². The number of aromatic nitrogens is 2. The highest BCUT2D eigenvalue weighted by Gasteiger charge is 2.20. The summed E-state index contributed by atoms with van der Waals surface area (Å²) < 4.78 is 1.84. The number of nitrogens with one attached hydrogen (secondary N) is 1. The van der Waals surface area contributed by atoms with Crippen LogP contribution in [-0.4, -0.2) is 15.8 Å². The number of rotatable bonds is 3. The Bertz CT molecular complexity index is 300. The number of anilines is 1. The second-order valence-corrected chi connectivity index (χ2v) is 4.71. The summed E-state index contributed by atoms with van der Waals surface area (Å²) in [5.41, 5.74) is 0. The maximum absolute atomic E-state index is 4.35. The zero-order valence-corrected chi connectivity index (χ0v) is 9.74. The van der Waals surface area contributed by atoms with Gasteiger partial charge in [0.15, 0.2) is 0 Å². The topological polar surface area (TPSA) is 29.9 Å². The van der Waals surface area contributed by atoms with Crippen molar-refractivity contribution in [3.05, 3.63) is 12.3 Å². The maximum Gasteiger partial charge on any atom is 0.148 e. The molecule has 1 atom stereocenters. The molecule has 0 bridgehead atoms. The van der Waals surface area contributed by atoms with E-state index >= 15 is 0 Å². The first-order valence-corrected chi connectivity index (χ1v) is 6.02. The minimum atomic E-state index is 0.556. The van der Waals surface area contributed by atoms with Crippen molar-refractivity contribution in [1.82, 2.24) is 9.78 Å². The Morgan fingerprint density at radius 1 is 1.40 bits per heavy atom. The molecule has 1 aliphatic rings. The van der Waals surface area contributed by atoms with Crippen molar-refractivity contribution in [1.29, 1.82) is 0 Å². The van der Waals surface area contributed by atoms with E-state index in [9.17, 15) is 0 Å². The SMILES string of the molecule is CC(Nc1ccn(C)n1)C1CCCCC1. The van der Waals surface area contributed by atoms with Gasteiger partial charge in [0.05, 0.1) is 0 Å². The molecule has 1 fully saturated rings. The van der Waals surface area contributed by atoms with Crippen LogP contribution in [0.2, 0.25) is 0 Å². The molecule has 1 aromatic rings. The summed E-state index contributed by atoms with van der Waals surface area (Å²) in [5.74, 6) is 1.84. The second kappa shape index (κ2) is 4.69. The largest absolute Gasteiger partial charge is 0.366 e. The molecule has 1 heterocycles. The average Bonchev–Trinajstić information content (AvgIpc) is 2.65. The molecule has 0 spiro atoms. The van der Waals surface area contributed by atoms with Gasteiger partial charge in [0.25, 0.3) is 0 Å². The minimum absolute atomic E-state index is 0.556. The van der Waals surface area contributed by atoms with E-state index in [1.165, 1.54) is 32.1 Å². The summed E-state index contributed by atoms with van der Waals surface area (Å²) in [7, 11) is 1.95. The Balaban J connectivity index is 1.88. The lowest BCUT2D eigenvalue weighted by molar-refractivity contribution is 0.328. The third-order valence-electron chi connectivity index (χ3n) is 3.45. The van der Waals surface area contributed by atoms with Crippen LogP contribution < -0.4 is 5.32 Å². The molecule has 0 aliphatic heterocycles. The van der Waals surface area contributed by atoms with Crippen LogP contribution in [0.1, 0.15) is 39.0 Å². The Morgan fingerprint density at radius 3 is 2.73 bits per heavy atom. The third kappa shape index (κ3) is 2.74. The average molecular weight is 207 g/mol. The molecule has 1 aliphatic carbocycles. The molecule has 3 nitrogen and oxygen atoms in total. The number of hydrogen-bond acceptors (Lipinski definition) is 2. The molecule has 0 aromatic carbocycles. The van der Waals surface area contributed by atoms with Gasteiger partial charge < -0.3 is 5.32 Å². The molecular formula is C12H21N3. The summed E-state index contributed by atoms with van der Waals surface area (Å²) in [5, 5.41) is 7.85. The zero-order chi connectivity index (χ0) is 10.7. The standard InChI is InChI=1S/C12H21N3/c1-10(11-6-4-3-5-7-11)13-12-8-9-15(2)14-12/h8-11H,3-7H2,1-2H3,(H,13,14). The van der Waals surface area contributed by atoms with Crippen LogP contribution in [0, 0.1) is 5.92 Å². The molecule has 1 N–H and O–H groups in total. The van der Waals surface area contributed by atoms with Crippen molar-refractivity contribution < 1.29 is 0 Å². The first-order valence-electron chi connectivity index (χ1n) is 6.02. The lowest BCUT2D eigenvalue weighted by Gasteiger charge is -2.28. The fourth-order valence-electron chi connectivity index (χ4n) is 2.48. The number of nitrogens with zero attached hydrogens (tertiary/aromatic N) is 2. The lowest BCUT2D eigenvalue weighted by atomic mass is 9.84. The van der Waals surface area contributed by atoms with E-state index in [4.69, 9.17) is 0 Å². The van der Waals surface area contributed by atoms with E-state index in [-0.39, 0.29) is 0 Å². The van der Waals surface area contributed by atoms with Crippen molar-refractivity contribution in [2.75, 3.05) is 5.32 Å². The number of hydrogen-bond donors (Lipinski definition) is 1. The highest BCUT2D eigenvalue weighted by molar-refractivity contribution is 5.33. The Labute approximate surface area is 91.9 Å². The van der Waals surface area contributed by atoms with Gasteiger partial charge in [-0.2, -0.15) is 5.10 Å². The fourth-order valence-corrected chi connectivity index (χ4v) is 2.48. The molecule has 15 heavy (non-hydrogen) atoms. The van der Waals surface area contributed by atoms with Crippen molar-refractivity contribution in [2.45, 2.75) is 45.1 Å². The van der Waals surface area contributed by atoms with Crippen LogP contribution in [0.15, 0.2) is 12.3 Å². The fraction of sp³-hybridized carbons (Fsp3) is 0.750. The van der Waals surface area contributed by atoms with Crippen LogP contribution in [-0.2, 0) is 7.05 Å². The van der Waals surface area contributed by atoms with Crippen LogP contribution in [0.4, 0.5) is 5.82 Å². The summed E-state index contributed by atoms with van der Waals surface area (Å²) in [6, 6.07) is 2.60. The Hall–Kier alpha value is -0.990. The monoisotopic (exact) mass is 207 g/mol. The first kappa shape index (κ1) is 10.5. The summed E-state index contributed by atoms with van der Waals surface area (Å²) in [4.78, 5) is 0. The van der Waals surface area contributed by atoms with Crippen LogP contribution in [0.3, 0.4) is 0 Å². The van der Waals surface area contributed by atoms with Gasteiger partial charge in [0.1, 0.15) is 5.82 Å². The molecule has 3 heteroatoms. The summed E-state index contributed by atoms with van der Waals surface area (Å²) in [6.45, 7) is 2.28. The van der Waals surface area contributed by atoms with Gasteiger partial charge in [-0.1, -0.05) is 19.3 Å². The van der Waals surface area contributed by atoms with Crippen LogP contribution >= 0.6 is 0 Å². The van der Waals surface area contributed by atoms with E-state index in [0.29, 0.717) is 6.04 Å². The molecule has 1 aromatic heterocycles. The first-order chi connectivity index (χ1) is 7.25. The summed E-state index contributed by atoms with van der Waals surface area (Å²) in [6.07, 6.45) is 8.96. The van der Waals surface area contributed by atoms with E-state index in [1.807, 2.05) is 24.0 Å². The maximum atomic E-state index is 4.35. The smallest absolute Gasteiger partial charge is 0.148 e. The molecule has 1 saturated carbocycles. The molecule has 0 radical (unpaired) electrons. The molecular weight excluding hydrogens is 186 g/mol. The van der Waals surface area contributed by atoms with E-state index < -0.39 is 0 Å². The quantitative estimate of drug-likeness (QED) is 0.826. The van der Waals surface area contributed by atoms with Crippen LogP contribution in [0.5, 0.6) is 0 Å². The predicted molar refractivity (Wildman–Crippen MR) is 62.9 cm³/mol. The number of aryl methyl sites for hydroxylation is 1. The second-order valence-electron chi connectivity index (χ2n) is 4.71. The molecule has 0 amide bonds. The van der Waals surface area contributed by atoms with E-state index in [2.05, 4.69) is 17.3 Å². The predicted octanol–water partition coefficient (Wildman–Crippen LogP) is 2.80. The molecule has 2 rings (SSSR count). The highest BCUT2D eigenvalue weighted by atomic mass is 15.3. The van der Waals surface area contributed by atoms with E-state index in [1.54, 1.807) is 0 Å². The zero-order valence-electron chi connectivity index (χ0n) is 9.74. The van der Waals surface area contributed by atoms with Crippen molar-refractivity contribution in [3.63, 3.8) is 0 Å². The normalized spacial score (nSPS) is 20.1. The van der Waals surface area contributed by atoms with Gasteiger partial charge >= 0.3 is 0 Å². The Kier molecular flexibility index (Phi) is 3.29. The van der Waals surface area contributed by atoms with Gasteiger partial charge in [-0.3, -0.25) is 4.68 Å². The van der Waals surface area contributed by atoms with Gasteiger partial charge in [-0.25, -0.2) is 0 Å². The highest BCUT2D eigenvalue weighted by Crippen LogP contribution is 2.27. The van der Waals surface area contributed by atoms with Crippen molar-refractivity contribution >= 4 is 5.82 Å². The van der Waals surface area contributed by atoms with Gasteiger partial charge in [0, 0.05) is 25.4 Å². The minimum Gasteiger partial charge on any atom is -0.366 e. The molecule has 0 saturated heterocycles.